The van der Waals surface area contributed by atoms with Crippen LogP contribution in [0.1, 0.15) is 37.0 Å². The molecule has 36 heavy (non-hydrogen) atoms. The molecule has 11 nitrogen and oxygen atoms in total. The highest BCUT2D eigenvalue weighted by Crippen LogP contribution is 2.31. The molecule has 1 aromatic carbocycles. The highest BCUT2D eigenvalue weighted by molar-refractivity contribution is 6.76. The summed E-state index contributed by atoms with van der Waals surface area (Å²) in [7, 11) is 0. The molecule has 5 atom stereocenters. The minimum Gasteiger partial charge on any atom is -0.456 e. The molecule has 198 valence electrons. The van der Waals surface area contributed by atoms with Crippen LogP contribution in [-0.4, -0.2) is 75.7 Å². The summed E-state index contributed by atoms with van der Waals surface area (Å²) in [6.45, 7) is 1.57. The van der Waals surface area contributed by atoms with Gasteiger partial charge in [-0.3, -0.25) is 14.4 Å². The number of Topliss-reactive ketones (excluding diaryl/α,β-unsaturated/α-hetero) is 1. The highest BCUT2D eigenvalue weighted by Gasteiger charge is 2.53. The van der Waals surface area contributed by atoms with Crippen molar-refractivity contribution >= 4 is 64.4 Å². The molecule has 1 fully saturated rings. The minimum absolute atomic E-state index is 0.0962. The van der Waals surface area contributed by atoms with Gasteiger partial charge in [0.15, 0.2) is 24.5 Å². The highest BCUT2D eigenvalue weighted by atomic mass is 35.6. The van der Waals surface area contributed by atoms with Gasteiger partial charge >= 0.3 is 17.9 Å². The molecule has 1 aliphatic heterocycles. The first kappa shape index (κ1) is 29.8. The average Bonchev–Trinajstić information content (AvgIpc) is 2.80. The molecule has 1 saturated heterocycles. The Balaban J connectivity index is 2.48. The molecule has 0 aromatic heterocycles. The summed E-state index contributed by atoms with van der Waals surface area (Å²) in [6.07, 6.45) is -8.15. The summed E-state index contributed by atoms with van der Waals surface area (Å²) in [5, 5.41) is 12.1. The van der Waals surface area contributed by atoms with E-state index in [1.54, 1.807) is 18.2 Å². The lowest BCUT2D eigenvalue weighted by molar-refractivity contribution is -0.250. The molecule has 2 N–H and O–H groups in total. The molecule has 2 rings (SSSR count). The number of halogens is 3. The number of hydrogen-bond acceptors (Lipinski definition) is 10. The average molecular weight is 569 g/mol. The van der Waals surface area contributed by atoms with Crippen LogP contribution >= 0.6 is 34.8 Å². The summed E-state index contributed by atoms with van der Waals surface area (Å²) < 4.78 is 19.4. The summed E-state index contributed by atoms with van der Waals surface area (Å²) in [6, 6.07) is 7.67. The number of aliphatic hydroxyl groups excluding tert-OH is 1. The number of esters is 3. The maximum absolute atomic E-state index is 12.9. The maximum atomic E-state index is 12.9. The van der Waals surface area contributed by atoms with Crippen molar-refractivity contribution in [2.24, 2.45) is 0 Å². The lowest BCUT2D eigenvalue weighted by Crippen LogP contribution is -2.66. The Morgan fingerprint density at radius 2 is 1.58 bits per heavy atom. The Morgan fingerprint density at radius 3 is 2.11 bits per heavy atom. The minimum atomic E-state index is -2.45. The van der Waals surface area contributed by atoms with Crippen molar-refractivity contribution in [3.8, 4) is 0 Å². The normalized spacial score (nSPS) is 23.8. The van der Waals surface area contributed by atoms with Crippen LogP contribution in [0.2, 0.25) is 0 Å². The second-order valence-corrected chi connectivity index (χ2v) is 10.00. The predicted octanol–water partition coefficient (Wildman–Crippen LogP) is 1.63. The molecule has 0 spiro atoms. The number of nitrogens with one attached hydrogen (secondary N) is 1. The molecule has 0 unspecified atom stereocenters. The number of ketones is 1. The van der Waals surface area contributed by atoms with Crippen LogP contribution in [0.25, 0.3) is 0 Å². The Hall–Kier alpha value is -2.44. The van der Waals surface area contributed by atoms with E-state index in [4.69, 9.17) is 53.8 Å². The Labute approximate surface area is 221 Å². The van der Waals surface area contributed by atoms with Gasteiger partial charge in [0.05, 0.1) is 18.6 Å². The topological polar surface area (TPSA) is 155 Å². The van der Waals surface area contributed by atoms with Gasteiger partial charge in [-0.1, -0.05) is 53.0 Å². The number of carbonyl (C=O) groups is 5. The van der Waals surface area contributed by atoms with Crippen molar-refractivity contribution in [3.05, 3.63) is 35.9 Å². The Morgan fingerprint density at radius 1 is 0.944 bits per heavy atom. The van der Waals surface area contributed by atoms with E-state index in [-0.39, 0.29) is 24.2 Å². The molecule has 1 heterocycles. The van der Waals surface area contributed by atoms with Gasteiger partial charge < -0.3 is 34.2 Å². The van der Waals surface area contributed by atoms with Crippen LogP contribution < -0.4 is 5.32 Å². The molecular weight excluding hydrogens is 545 g/mol. The number of benzene rings is 1. The first-order valence-electron chi connectivity index (χ1n) is 10.6. The van der Waals surface area contributed by atoms with Crippen LogP contribution in [-0.2, 0) is 38.1 Å². The zero-order valence-corrected chi connectivity index (χ0v) is 21.4. The standard InChI is InChI=1S/C22H24Cl3NO10/c1-11(28)8-9-15(30)35-17-16(33-12(2)29)14(10-27)34-19(26-21(32)22(23,24)25)18(17)36-20(31)13-6-4-3-5-7-13/h3-7,14,16-19,27H,8-10H2,1-2H3,(H,26,32)/t14-,16-,17+,18-,19+/m1/s1. The van der Waals surface area contributed by atoms with Crippen molar-refractivity contribution < 1.29 is 48.0 Å². The molecule has 0 saturated carbocycles. The number of ether oxygens (including phenoxy) is 4. The molecule has 14 heteroatoms. The van der Waals surface area contributed by atoms with Gasteiger partial charge in [0.2, 0.25) is 0 Å². The van der Waals surface area contributed by atoms with E-state index in [9.17, 15) is 29.1 Å². The molecule has 0 aliphatic carbocycles. The number of hydrogen-bond donors (Lipinski definition) is 2. The number of alkyl halides is 3. The van der Waals surface area contributed by atoms with Crippen LogP contribution in [0.3, 0.4) is 0 Å². The van der Waals surface area contributed by atoms with Crippen molar-refractivity contribution in [2.45, 2.75) is 61.1 Å². The van der Waals surface area contributed by atoms with Gasteiger partial charge in [0, 0.05) is 13.3 Å². The van der Waals surface area contributed by atoms with E-state index in [2.05, 4.69) is 5.32 Å². The van der Waals surface area contributed by atoms with Crippen LogP contribution in [0.5, 0.6) is 0 Å². The third-order valence-corrected chi connectivity index (χ3v) is 5.36. The summed E-state index contributed by atoms with van der Waals surface area (Å²) in [5.74, 6) is -4.11. The summed E-state index contributed by atoms with van der Waals surface area (Å²) >= 11 is 16.9. The SMILES string of the molecule is CC(=O)CCC(=O)O[C@@H]1[C@@H](OC(=O)c2ccccc2)[C@@H](NC(=O)C(Cl)(Cl)Cl)O[C@H](CO)[C@H]1OC(C)=O. The first-order chi connectivity index (χ1) is 16.8. The van der Waals surface area contributed by atoms with E-state index >= 15 is 0 Å². The zero-order chi connectivity index (χ0) is 27.0. The fraction of sp³-hybridized carbons (Fsp3) is 0.500. The fourth-order valence-corrected chi connectivity index (χ4v) is 3.40. The molecule has 1 amide bonds. The summed E-state index contributed by atoms with van der Waals surface area (Å²) in [4.78, 5) is 60.8. The molecular formula is C22H24Cl3NO10. The van der Waals surface area contributed by atoms with Crippen LogP contribution in [0.15, 0.2) is 30.3 Å². The Bertz CT molecular complexity index is 969. The largest absolute Gasteiger partial charge is 0.456 e. The second kappa shape index (κ2) is 13.2. The van der Waals surface area contributed by atoms with Crippen LogP contribution in [0.4, 0.5) is 0 Å². The third-order valence-electron chi connectivity index (χ3n) is 4.85. The van der Waals surface area contributed by atoms with Gasteiger partial charge in [-0.05, 0) is 19.1 Å². The van der Waals surface area contributed by atoms with Crippen molar-refractivity contribution in [1.29, 1.82) is 0 Å². The predicted molar refractivity (Wildman–Crippen MR) is 125 cm³/mol. The van der Waals surface area contributed by atoms with E-state index in [0.29, 0.717) is 0 Å². The Kier molecular flexibility index (Phi) is 10.9. The maximum Gasteiger partial charge on any atom is 0.338 e. The molecule has 0 radical (unpaired) electrons. The number of amides is 1. The fourth-order valence-electron chi connectivity index (χ4n) is 3.24. The van der Waals surface area contributed by atoms with E-state index < -0.39 is 64.9 Å². The van der Waals surface area contributed by atoms with Crippen molar-refractivity contribution in [3.63, 3.8) is 0 Å². The first-order valence-corrected chi connectivity index (χ1v) is 11.7. The van der Waals surface area contributed by atoms with Gasteiger partial charge in [-0.25, -0.2) is 4.79 Å². The second-order valence-electron chi connectivity index (χ2n) is 7.72. The number of carbonyl (C=O) groups excluding carboxylic acids is 5. The third kappa shape index (κ3) is 8.59. The van der Waals surface area contributed by atoms with E-state index in [1.165, 1.54) is 19.1 Å². The van der Waals surface area contributed by atoms with E-state index in [0.717, 1.165) is 6.92 Å². The lowest BCUT2D eigenvalue weighted by Gasteiger charge is -2.44. The monoisotopic (exact) mass is 567 g/mol. The number of aliphatic hydroxyl groups is 1. The zero-order valence-electron chi connectivity index (χ0n) is 19.2. The molecule has 1 aromatic rings. The summed E-state index contributed by atoms with van der Waals surface area (Å²) in [5.41, 5.74) is 0.0962. The van der Waals surface area contributed by atoms with E-state index in [1.807, 2.05) is 0 Å². The van der Waals surface area contributed by atoms with Crippen molar-refractivity contribution in [1.82, 2.24) is 5.32 Å². The van der Waals surface area contributed by atoms with Crippen molar-refractivity contribution in [2.75, 3.05) is 6.61 Å². The number of rotatable bonds is 9. The molecule has 0 bridgehead atoms. The lowest BCUT2D eigenvalue weighted by atomic mass is 9.97. The molecule has 1 aliphatic rings. The van der Waals surface area contributed by atoms with Gasteiger partial charge in [0.1, 0.15) is 11.9 Å². The quantitative estimate of drug-likeness (QED) is 0.255. The van der Waals surface area contributed by atoms with Gasteiger partial charge in [-0.2, -0.15) is 0 Å². The smallest absolute Gasteiger partial charge is 0.338 e. The van der Waals surface area contributed by atoms with Gasteiger partial charge in [0.25, 0.3) is 9.70 Å². The van der Waals surface area contributed by atoms with Gasteiger partial charge in [-0.15, -0.1) is 0 Å². The van der Waals surface area contributed by atoms with Crippen LogP contribution in [0, 0.1) is 0 Å².